The SMILES string of the molecule is CCOc1cc(C2C3=C(CCCC3=O)N(CC)C3=C2C(=O)CCC3)ccc1OCc1ccccc1F. The van der Waals surface area contributed by atoms with Crippen molar-refractivity contribution < 1.29 is 23.5 Å². The highest BCUT2D eigenvalue weighted by molar-refractivity contribution is 6.06. The van der Waals surface area contributed by atoms with Crippen LogP contribution < -0.4 is 9.47 Å². The van der Waals surface area contributed by atoms with E-state index in [0.717, 1.165) is 60.3 Å². The lowest BCUT2D eigenvalue weighted by Gasteiger charge is -2.43. The maximum atomic E-state index is 14.1. The van der Waals surface area contributed by atoms with Gasteiger partial charge in [-0.25, -0.2) is 4.39 Å². The van der Waals surface area contributed by atoms with Gasteiger partial charge in [-0.15, -0.1) is 0 Å². The minimum Gasteiger partial charge on any atom is -0.490 e. The molecule has 0 N–H and O–H groups in total. The molecule has 3 aliphatic rings. The van der Waals surface area contributed by atoms with Crippen LogP contribution in [0.1, 0.15) is 69.4 Å². The van der Waals surface area contributed by atoms with Crippen LogP contribution in [0.15, 0.2) is 65.0 Å². The molecule has 0 amide bonds. The lowest BCUT2D eigenvalue weighted by atomic mass is 9.71. The number of allylic oxidation sites excluding steroid dienone is 4. The van der Waals surface area contributed by atoms with Crippen molar-refractivity contribution in [3.05, 3.63) is 81.9 Å². The Hall–Kier alpha value is -3.41. The normalized spacial score (nSPS) is 18.4. The zero-order valence-corrected chi connectivity index (χ0v) is 20.9. The second-order valence-corrected chi connectivity index (χ2v) is 9.47. The average molecular weight is 490 g/mol. The Bertz CT molecular complexity index is 1220. The van der Waals surface area contributed by atoms with Crippen molar-refractivity contribution in [2.45, 2.75) is 64.9 Å². The molecule has 2 aromatic carbocycles. The molecule has 2 aliphatic carbocycles. The van der Waals surface area contributed by atoms with Gasteiger partial charge in [0, 0.05) is 53.4 Å². The smallest absolute Gasteiger partial charge is 0.161 e. The fourth-order valence-electron chi connectivity index (χ4n) is 5.79. The van der Waals surface area contributed by atoms with Crippen LogP contribution in [-0.2, 0) is 16.2 Å². The summed E-state index contributed by atoms with van der Waals surface area (Å²) >= 11 is 0. The number of ketones is 2. The van der Waals surface area contributed by atoms with E-state index in [1.54, 1.807) is 18.2 Å². The van der Waals surface area contributed by atoms with Gasteiger partial charge in [0.2, 0.25) is 0 Å². The lowest BCUT2D eigenvalue weighted by molar-refractivity contribution is -0.117. The molecule has 1 heterocycles. The second kappa shape index (κ2) is 10.3. The van der Waals surface area contributed by atoms with Crippen LogP contribution in [0.4, 0.5) is 4.39 Å². The summed E-state index contributed by atoms with van der Waals surface area (Å²) in [7, 11) is 0. The first-order valence-corrected chi connectivity index (χ1v) is 13.0. The number of nitrogens with zero attached hydrogens (tertiary/aromatic N) is 1. The number of carbonyl (C=O) groups is 2. The largest absolute Gasteiger partial charge is 0.490 e. The first-order valence-electron chi connectivity index (χ1n) is 13.0. The molecule has 5 nitrogen and oxygen atoms in total. The van der Waals surface area contributed by atoms with Crippen molar-refractivity contribution in [2.75, 3.05) is 13.2 Å². The molecule has 5 rings (SSSR count). The molecule has 2 aromatic rings. The molecule has 0 aromatic heterocycles. The van der Waals surface area contributed by atoms with Gasteiger partial charge in [-0.05, 0) is 63.3 Å². The molecular formula is C30H32FNO4. The molecule has 0 bridgehead atoms. The van der Waals surface area contributed by atoms with Crippen LogP contribution in [0.5, 0.6) is 11.5 Å². The molecule has 0 spiro atoms. The van der Waals surface area contributed by atoms with E-state index in [9.17, 15) is 14.0 Å². The second-order valence-electron chi connectivity index (χ2n) is 9.47. The number of hydrogen-bond acceptors (Lipinski definition) is 5. The van der Waals surface area contributed by atoms with Crippen molar-refractivity contribution >= 4 is 11.6 Å². The Kier molecular flexibility index (Phi) is 6.95. The quantitative estimate of drug-likeness (QED) is 0.461. The van der Waals surface area contributed by atoms with Crippen LogP contribution in [0.25, 0.3) is 0 Å². The number of rotatable bonds is 7. The number of carbonyl (C=O) groups excluding carboxylic acids is 2. The van der Waals surface area contributed by atoms with E-state index in [-0.39, 0.29) is 24.0 Å². The van der Waals surface area contributed by atoms with Gasteiger partial charge in [-0.3, -0.25) is 9.59 Å². The summed E-state index contributed by atoms with van der Waals surface area (Å²) in [5.74, 6) is 0.576. The molecule has 0 unspecified atom stereocenters. The molecular weight excluding hydrogens is 457 g/mol. The fraction of sp³-hybridized carbons (Fsp3) is 0.400. The van der Waals surface area contributed by atoms with E-state index >= 15 is 0 Å². The molecule has 0 atom stereocenters. The Morgan fingerprint density at radius 1 is 0.861 bits per heavy atom. The zero-order chi connectivity index (χ0) is 25.2. The summed E-state index contributed by atoms with van der Waals surface area (Å²) in [6.45, 7) is 5.22. The highest BCUT2D eigenvalue weighted by Crippen LogP contribution is 2.50. The number of ether oxygens (including phenoxy) is 2. The first kappa shape index (κ1) is 24.3. The summed E-state index contributed by atoms with van der Waals surface area (Å²) < 4.78 is 26.0. The van der Waals surface area contributed by atoms with Crippen LogP contribution >= 0.6 is 0 Å². The van der Waals surface area contributed by atoms with E-state index in [0.29, 0.717) is 36.5 Å². The molecule has 1 aliphatic heterocycles. The average Bonchev–Trinajstić information content (AvgIpc) is 2.88. The number of halogens is 1. The summed E-state index contributed by atoms with van der Waals surface area (Å²) in [6, 6.07) is 12.2. The predicted octanol–water partition coefficient (Wildman–Crippen LogP) is 6.24. The van der Waals surface area contributed by atoms with Gasteiger partial charge < -0.3 is 14.4 Å². The third-order valence-corrected chi connectivity index (χ3v) is 7.34. The van der Waals surface area contributed by atoms with E-state index < -0.39 is 5.92 Å². The third kappa shape index (κ3) is 4.34. The van der Waals surface area contributed by atoms with E-state index in [1.165, 1.54) is 6.07 Å². The molecule has 0 fully saturated rings. The highest BCUT2D eigenvalue weighted by Gasteiger charge is 2.43. The van der Waals surface area contributed by atoms with Gasteiger partial charge in [0.25, 0.3) is 0 Å². The van der Waals surface area contributed by atoms with E-state index in [2.05, 4.69) is 11.8 Å². The molecule has 6 heteroatoms. The highest BCUT2D eigenvalue weighted by atomic mass is 19.1. The topological polar surface area (TPSA) is 55.8 Å². The van der Waals surface area contributed by atoms with Crippen LogP contribution in [-0.4, -0.2) is 29.6 Å². The Morgan fingerprint density at radius 2 is 1.53 bits per heavy atom. The maximum Gasteiger partial charge on any atom is 0.161 e. The summed E-state index contributed by atoms with van der Waals surface area (Å²) in [5.41, 5.74) is 4.99. The van der Waals surface area contributed by atoms with Gasteiger partial charge >= 0.3 is 0 Å². The predicted molar refractivity (Wildman–Crippen MR) is 135 cm³/mol. The van der Waals surface area contributed by atoms with E-state index in [1.807, 2.05) is 25.1 Å². The van der Waals surface area contributed by atoms with E-state index in [4.69, 9.17) is 9.47 Å². The van der Waals surface area contributed by atoms with Gasteiger partial charge in [0.05, 0.1) is 6.61 Å². The van der Waals surface area contributed by atoms with Gasteiger partial charge in [-0.1, -0.05) is 24.3 Å². The third-order valence-electron chi connectivity index (χ3n) is 7.34. The minimum absolute atomic E-state index is 0.0720. The first-order chi connectivity index (χ1) is 17.5. The standard InChI is InChI=1S/C30H32FNO4/c1-3-32-22-11-7-13-24(33)29(22)28(30-23(32)12-8-14-25(30)34)19-15-16-26(27(17-19)35-4-2)36-18-20-9-5-6-10-21(20)31/h5-6,9-10,15-17,28H,3-4,7-8,11-14,18H2,1-2H3. The van der Waals surface area contributed by atoms with Crippen molar-refractivity contribution in [1.82, 2.24) is 4.90 Å². The van der Waals surface area contributed by atoms with Crippen LogP contribution in [0, 0.1) is 5.82 Å². The molecule has 188 valence electrons. The maximum absolute atomic E-state index is 14.1. The van der Waals surface area contributed by atoms with Crippen molar-refractivity contribution in [3.63, 3.8) is 0 Å². The number of Topliss-reactive ketones (excluding diaryl/α,β-unsaturated/α-hetero) is 2. The van der Waals surface area contributed by atoms with Crippen LogP contribution in [0.3, 0.4) is 0 Å². The lowest BCUT2D eigenvalue weighted by Crippen LogP contribution is -2.39. The Balaban J connectivity index is 1.57. The Morgan fingerprint density at radius 3 is 2.14 bits per heavy atom. The van der Waals surface area contributed by atoms with Crippen molar-refractivity contribution in [2.24, 2.45) is 0 Å². The summed E-state index contributed by atoms with van der Waals surface area (Å²) in [6.07, 6.45) is 4.38. The minimum atomic E-state index is -0.391. The van der Waals surface area contributed by atoms with Gasteiger partial charge in [0.15, 0.2) is 23.1 Å². The van der Waals surface area contributed by atoms with Crippen LogP contribution in [0.2, 0.25) is 0 Å². The van der Waals surface area contributed by atoms with Gasteiger partial charge in [-0.2, -0.15) is 0 Å². The Labute approximate surface area is 211 Å². The van der Waals surface area contributed by atoms with Gasteiger partial charge in [0.1, 0.15) is 12.4 Å². The molecule has 36 heavy (non-hydrogen) atoms. The molecule has 0 saturated carbocycles. The van der Waals surface area contributed by atoms with Crippen molar-refractivity contribution in [1.29, 1.82) is 0 Å². The summed E-state index contributed by atoms with van der Waals surface area (Å²) in [5, 5.41) is 0. The fourth-order valence-corrected chi connectivity index (χ4v) is 5.79. The number of benzene rings is 2. The zero-order valence-electron chi connectivity index (χ0n) is 20.9. The monoisotopic (exact) mass is 489 g/mol. The molecule has 0 radical (unpaired) electrons. The number of hydrogen-bond donors (Lipinski definition) is 0. The summed E-state index contributed by atoms with van der Waals surface area (Å²) in [4.78, 5) is 28.9. The molecule has 0 saturated heterocycles. The van der Waals surface area contributed by atoms with Crippen molar-refractivity contribution in [3.8, 4) is 11.5 Å².